The van der Waals surface area contributed by atoms with E-state index in [0.717, 1.165) is 5.56 Å². The topological polar surface area (TPSA) is 12.0 Å². The van der Waals surface area contributed by atoms with Crippen LogP contribution in [0.25, 0.3) is 0 Å². The predicted octanol–water partition coefficient (Wildman–Crippen LogP) is 2.51. The zero-order valence-electron chi connectivity index (χ0n) is 8.06. The van der Waals surface area contributed by atoms with Gasteiger partial charge in [0.15, 0.2) is 0 Å². The van der Waals surface area contributed by atoms with E-state index >= 15 is 0 Å². The number of hydrogen-bond acceptors (Lipinski definition) is 1. The Balaban J connectivity index is 2.20. The lowest BCUT2D eigenvalue weighted by Gasteiger charge is -2.10. The van der Waals surface area contributed by atoms with E-state index in [-0.39, 0.29) is 11.9 Å². The molecule has 1 aliphatic rings. The van der Waals surface area contributed by atoms with Crippen molar-refractivity contribution in [3.63, 3.8) is 0 Å². The zero-order chi connectivity index (χ0) is 10.1. The van der Waals surface area contributed by atoms with Crippen LogP contribution in [0.3, 0.4) is 0 Å². The number of benzene rings is 1. The highest BCUT2D eigenvalue weighted by atomic mass is 19.1. The molecule has 0 aliphatic carbocycles. The van der Waals surface area contributed by atoms with Gasteiger partial charge < -0.3 is 5.32 Å². The van der Waals surface area contributed by atoms with Gasteiger partial charge in [0.05, 0.1) is 0 Å². The second kappa shape index (κ2) is 3.65. The molecule has 0 bridgehead atoms. The van der Waals surface area contributed by atoms with Gasteiger partial charge in [-0.2, -0.15) is 0 Å². The van der Waals surface area contributed by atoms with Gasteiger partial charge in [-0.05, 0) is 30.5 Å². The summed E-state index contributed by atoms with van der Waals surface area (Å²) in [5.41, 5.74) is 1.47. The van der Waals surface area contributed by atoms with Gasteiger partial charge in [0, 0.05) is 12.6 Å². The molecule has 1 saturated heterocycles. The summed E-state index contributed by atoms with van der Waals surface area (Å²) in [4.78, 5) is 0. The molecule has 1 heterocycles. The van der Waals surface area contributed by atoms with Crippen molar-refractivity contribution < 1.29 is 8.78 Å². The van der Waals surface area contributed by atoms with Crippen LogP contribution in [0.15, 0.2) is 18.2 Å². The lowest BCUT2D eigenvalue weighted by molar-refractivity contribution is 0.356. The van der Waals surface area contributed by atoms with Gasteiger partial charge >= 0.3 is 0 Å². The molecule has 76 valence electrons. The number of nitrogens with one attached hydrogen (secondary N) is 1. The van der Waals surface area contributed by atoms with Crippen LogP contribution >= 0.6 is 0 Å². The Labute approximate surface area is 82.1 Å². The SMILES string of the molecule is Cc1ccc(C2CC(F)CN2)cc1F. The van der Waals surface area contributed by atoms with Crippen molar-refractivity contribution in [2.24, 2.45) is 0 Å². The van der Waals surface area contributed by atoms with E-state index in [1.54, 1.807) is 13.0 Å². The van der Waals surface area contributed by atoms with Crippen molar-refractivity contribution in [1.82, 2.24) is 5.32 Å². The number of alkyl halides is 1. The molecule has 1 N–H and O–H groups in total. The van der Waals surface area contributed by atoms with E-state index in [4.69, 9.17) is 0 Å². The summed E-state index contributed by atoms with van der Waals surface area (Å²) in [6.07, 6.45) is -0.355. The van der Waals surface area contributed by atoms with Gasteiger partial charge in [0.25, 0.3) is 0 Å². The Hall–Kier alpha value is -0.960. The molecule has 0 aromatic heterocycles. The Kier molecular flexibility index (Phi) is 2.50. The summed E-state index contributed by atoms with van der Waals surface area (Å²) in [5, 5.41) is 3.03. The largest absolute Gasteiger partial charge is 0.307 e. The van der Waals surface area contributed by atoms with E-state index < -0.39 is 6.17 Å². The second-order valence-electron chi connectivity index (χ2n) is 3.80. The fraction of sp³-hybridized carbons (Fsp3) is 0.455. The van der Waals surface area contributed by atoms with E-state index in [2.05, 4.69) is 5.32 Å². The lowest BCUT2D eigenvalue weighted by Crippen LogP contribution is -2.14. The fourth-order valence-corrected chi connectivity index (χ4v) is 1.77. The number of rotatable bonds is 1. The lowest BCUT2D eigenvalue weighted by atomic mass is 10.0. The summed E-state index contributed by atoms with van der Waals surface area (Å²) >= 11 is 0. The number of halogens is 2. The van der Waals surface area contributed by atoms with Crippen molar-refractivity contribution in [3.05, 3.63) is 35.1 Å². The maximum Gasteiger partial charge on any atom is 0.126 e. The van der Waals surface area contributed by atoms with Crippen LogP contribution < -0.4 is 5.32 Å². The van der Waals surface area contributed by atoms with Crippen molar-refractivity contribution in [2.45, 2.75) is 25.6 Å². The Morgan fingerprint density at radius 2 is 2.21 bits per heavy atom. The first kappa shape index (κ1) is 9.59. The highest BCUT2D eigenvalue weighted by Gasteiger charge is 2.24. The third kappa shape index (κ3) is 1.77. The molecule has 0 spiro atoms. The Morgan fingerprint density at radius 3 is 2.79 bits per heavy atom. The molecule has 14 heavy (non-hydrogen) atoms. The summed E-state index contributed by atoms with van der Waals surface area (Å²) in [6, 6.07) is 5.05. The zero-order valence-corrected chi connectivity index (χ0v) is 8.06. The molecule has 1 aromatic carbocycles. The molecule has 0 amide bonds. The van der Waals surface area contributed by atoms with Crippen LogP contribution in [0.2, 0.25) is 0 Å². The standard InChI is InChI=1S/C11H13F2N/c1-7-2-3-8(4-10(7)13)11-5-9(12)6-14-11/h2-4,9,11,14H,5-6H2,1H3. The van der Waals surface area contributed by atoms with Gasteiger partial charge in [-0.15, -0.1) is 0 Å². The average molecular weight is 197 g/mol. The van der Waals surface area contributed by atoms with Crippen molar-refractivity contribution in [2.75, 3.05) is 6.54 Å². The smallest absolute Gasteiger partial charge is 0.126 e. The normalized spacial score (nSPS) is 26.8. The van der Waals surface area contributed by atoms with Crippen LogP contribution in [0.4, 0.5) is 8.78 Å². The molecule has 2 atom stereocenters. The molecule has 1 aliphatic heterocycles. The second-order valence-corrected chi connectivity index (χ2v) is 3.80. The highest BCUT2D eigenvalue weighted by molar-refractivity contribution is 5.26. The molecular weight excluding hydrogens is 184 g/mol. The van der Waals surface area contributed by atoms with Crippen LogP contribution in [0.5, 0.6) is 0 Å². The Bertz CT molecular complexity index is 338. The monoisotopic (exact) mass is 197 g/mol. The molecule has 0 radical (unpaired) electrons. The van der Waals surface area contributed by atoms with E-state index in [9.17, 15) is 8.78 Å². The first-order valence-corrected chi connectivity index (χ1v) is 4.80. The average Bonchev–Trinajstić information content (AvgIpc) is 2.57. The summed E-state index contributed by atoms with van der Waals surface area (Å²) in [7, 11) is 0. The quantitative estimate of drug-likeness (QED) is 0.729. The molecule has 0 saturated carbocycles. The van der Waals surface area contributed by atoms with E-state index in [1.165, 1.54) is 6.07 Å². The molecule has 2 rings (SSSR count). The van der Waals surface area contributed by atoms with Crippen LogP contribution in [-0.4, -0.2) is 12.7 Å². The van der Waals surface area contributed by atoms with Gasteiger partial charge in [-0.25, -0.2) is 8.78 Å². The molecule has 2 unspecified atom stereocenters. The van der Waals surface area contributed by atoms with Crippen LogP contribution in [0.1, 0.15) is 23.6 Å². The first-order valence-electron chi connectivity index (χ1n) is 4.80. The molecule has 1 nitrogen and oxygen atoms in total. The molecular formula is C11H13F2N. The maximum absolute atomic E-state index is 13.2. The van der Waals surface area contributed by atoms with Gasteiger partial charge in [-0.3, -0.25) is 0 Å². The van der Waals surface area contributed by atoms with Gasteiger partial charge in [-0.1, -0.05) is 12.1 Å². The highest BCUT2D eigenvalue weighted by Crippen LogP contribution is 2.25. The third-order valence-electron chi connectivity index (χ3n) is 2.68. The molecule has 1 aromatic rings. The van der Waals surface area contributed by atoms with Crippen molar-refractivity contribution >= 4 is 0 Å². The predicted molar refractivity (Wildman–Crippen MR) is 51.4 cm³/mol. The summed E-state index contributed by atoms with van der Waals surface area (Å²) in [6.45, 7) is 2.10. The van der Waals surface area contributed by atoms with Crippen LogP contribution in [0, 0.1) is 12.7 Å². The fourth-order valence-electron chi connectivity index (χ4n) is 1.77. The minimum absolute atomic E-state index is 0.0277. The Morgan fingerprint density at radius 1 is 1.43 bits per heavy atom. The minimum atomic E-state index is -0.802. The van der Waals surface area contributed by atoms with Crippen LogP contribution in [-0.2, 0) is 0 Å². The van der Waals surface area contributed by atoms with Crippen molar-refractivity contribution in [3.8, 4) is 0 Å². The van der Waals surface area contributed by atoms with E-state index in [0.29, 0.717) is 18.5 Å². The first-order chi connectivity index (χ1) is 6.66. The number of aryl methyl sites for hydroxylation is 1. The molecule has 3 heteroatoms. The summed E-state index contributed by atoms with van der Waals surface area (Å²) < 4.78 is 26.1. The number of hydrogen-bond donors (Lipinski definition) is 1. The van der Waals surface area contributed by atoms with Gasteiger partial charge in [0.1, 0.15) is 12.0 Å². The summed E-state index contributed by atoms with van der Waals surface area (Å²) in [5.74, 6) is -0.216. The van der Waals surface area contributed by atoms with Gasteiger partial charge in [0.2, 0.25) is 0 Å². The van der Waals surface area contributed by atoms with Crippen molar-refractivity contribution in [1.29, 1.82) is 0 Å². The molecule has 1 fully saturated rings. The minimum Gasteiger partial charge on any atom is -0.307 e. The van der Waals surface area contributed by atoms with E-state index in [1.807, 2.05) is 6.07 Å². The third-order valence-corrected chi connectivity index (χ3v) is 2.68. The maximum atomic E-state index is 13.2.